The average molecular weight is 295 g/mol. The zero-order valence-corrected chi connectivity index (χ0v) is 12.2. The van der Waals surface area contributed by atoms with Gasteiger partial charge >= 0.3 is 5.97 Å². The zero-order valence-electron chi connectivity index (χ0n) is 12.2. The molecule has 0 saturated carbocycles. The molecule has 114 valence electrons. The SMILES string of the molecule is CN1CCN(c2cc(F)c(C(=O)O)cc2N)C(C)(C)C1=O. The molecule has 0 bridgehead atoms. The van der Waals surface area contributed by atoms with Gasteiger partial charge in [0.15, 0.2) is 0 Å². The van der Waals surface area contributed by atoms with Crippen LogP contribution in [0.4, 0.5) is 15.8 Å². The number of anilines is 2. The molecule has 0 atom stereocenters. The number of aromatic carboxylic acids is 1. The van der Waals surface area contributed by atoms with Crippen molar-refractivity contribution in [2.45, 2.75) is 19.4 Å². The molecule has 21 heavy (non-hydrogen) atoms. The first-order chi connectivity index (χ1) is 9.66. The van der Waals surface area contributed by atoms with E-state index in [0.29, 0.717) is 18.8 Å². The summed E-state index contributed by atoms with van der Waals surface area (Å²) in [6, 6.07) is 2.17. The topological polar surface area (TPSA) is 86.9 Å². The maximum absolute atomic E-state index is 13.9. The standard InChI is InChI=1S/C14H18FN3O3/c1-14(2)13(21)17(3)4-5-18(14)11-7-9(15)8(12(19)20)6-10(11)16/h6-7H,4-5,16H2,1-3H3,(H,19,20). The van der Waals surface area contributed by atoms with Crippen molar-refractivity contribution in [1.29, 1.82) is 0 Å². The van der Waals surface area contributed by atoms with Crippen molar-refractivity contribution in [2.24, 2.45) is 0 Å². The molecule has 0 spiro atoms. The lowest BCUT2D eigenvalue weighted by Gasteiger charge is -2.46. The van der Waals surface area contributed by atoms with Gasteiger partial charge in [-0.2, -0.15) is 0 Å². The number of nitrogens with two attached hydrogens (primary N) is 1. The summed E-state index contributed by atoms with van der Waals surface area (Å²) in [5, 5.41) is 8.90. The molecule has 1 fully saturated rings. The molecular weight excluding hydrogens is 277 g/mol. The van der Waals surface area contributed by atoms with Crippen LogP contribution in [0, 0.1) is 5.82 Å². The van der Waals surface area contributed by atoms with Crippen LogP contribution in [-0.4, -0.2) is 47.6 Å². The van der Waals surface area contributed by atoms with Crippen molar-refractivity contribution in [2.75, 3.05) is 30.8 Å². The minimum absolute atomic E-state index is 0.101. The summed E-state index contributed by atoms with van der Waals surface area (Å²) in [6.07, 6.45) is 0. The second kappa shape index (κ2) is 4.91. The predicted octanol–water partition coefficient (Wildman–Crippen LogP) is 1.16. The Morgan fingerprint density at radius 3 is 2.57 bits per heavy atom. The minimum atomic E-state index is -1.38. The second-order valence-corrected chi connectivity index (χ2v) is 5.63. The van der Waals surface area contributed by atoms with Crippen molar-refractivity contribution >= 4 is 23.3 Å². The molecule has 7 heteroatoms. The molecule has 1 heterocycles. The van der Waals surface area contributed by atoms with Gasteiger partial charge in [0.05, 0.1) is 16.9 Å². The van der Waals surface area contributed by atoms with Crippen molar-refractivity contribution in [1.82, 2.24) is 4.90 Å². The third-order valence-corrected chi connectivity index (χ3v) is 3.84. The Labute approximate surface area is 121 Å². The monoisotopic (exact) mass is 295 g/mol. The van der Waals surface area contributed by atoms with E-state index < -0.39 is 22.9 Å². The summed E-state index contributed by atoms with van der Waals surface area (Å²) in [7, 11) is 1.71. The van der Waals surface area contributed by atoms with Gasteiger partial charge in [-0.1, -0.05) is 0 Å². The maximum atomic E-state index is 13.9. The Balaban J connectivity index is 2.49. The molecule has 1 aromatic carbocycles. The Morgan fingerprint density at radius 1 is 1.38 bits per heavy atom. The number of carbonyl (C=O) groups is 2. The van der Waals surface area contributed by atoms with Crippen LogP contribution >= 0.6 is 0 Å². The number of halogens is 1. The lowest BCUT2D eigenvalue weighted by Crippen LogP contribution is -2.62. The number of nitrogens with zero attached hydrogens (tertiary/aromatic N) is 2. The van der Waals surface area contributed by atoms with E-state index >= 15 is 0 Å². The fraction of sp³-hybridized carbons (Fsp3) is 0.429. The van der Waals surface area contributed by atoms with Crippen molar-refractivity contribution in [3.63, 3.8) is 0 Å². The van der Waals surface area contributed by atoms with Crippen LogP contribution in [0.3, 0.4) is 0 Å². The summed E-state index contributed by atoms with van der Waals surface area (Å²) < 4.78 is 13.9. The number of hydrogen-bond donors (Lipinski definition) is 2. The number of benzene rings is 1. The second-order valence-electron chi connectivity index (χ2n) is 5.63. The van der Waals surface area contributed by atoms with Gasteiger partial charge in [0.1, 0.15) is 11.4 Å². The fourth-order valence-corrected chi connectivity index (χ4v) is 2.61. The molecule has 0 unspecified atom stereocenters. The first-order valence-electron chi connectivity index (χ1n) is 6.51. The fourth-order valence-electron chi connectivity index (χ4n) is 2.61. The van der Waals surface area contributed by atoms with E-state index in [1.165, 1.54) is 0 Å². The van der Waals surface area contributed by atoms with Crippen LogP contribution in [0.2, 0.25) is 0 Å². The van der Waals surface area contributed by atoms with Crippen LogP contribution in [0.1, 0.15) is 24.2 Å². The molecule has 2 rings (SSSR count). The highest BCUT2D eigenvalue weighted by Crippen LogP contribution is 2.34. The molecule has 0 radical (unpaired) electrons. The van der Waals surface area contributed by atoms with Crippen molar-refractivity contribution < 1.29 is 19.1 Å². The summed E-state index contributed by atoms with van der Waals surface area (Å²) >= 11 is 0. The van der Waals surface area contributed by atoms with Crippen molar-refractivity contribution in [3.8, 4) is 0 Å². The lowest BCUT2D eigenvalue weighted by molar-refractivity contribution is -0.136. The van der Waals surface area contributed by atoms with Gasteiger partial charge in [-0.3, -0.25) is 4.79 Å². The predicted molar refractivity (Wildman–Crippen MR) is 76.8 cm³/mol. The summed E-state index contributed by atoms with van der Waals surface area (Å²) in [5.41, 5.74) is 4.98. The smallest absolute Gasteiger partial charge is 0.338 e. The first kappa shape index (κ1) is 15.1. The largest absolute Gasteiger partial charge is 0.478 e. The number of rotatable bonds is 2. The van der Waals surface area contributed by atoms with Crippen LogP contribution in [0.15, 0.2) is 12.1 Å². The van der Waals surface area contributed by atoms with Gasteiger partial charge in [0.25, 0.3) is 0 Å². The highest BCUT2D eigenvalue weighted by atomic mass is 19.1. The molecule has 1 aliphatic rings. The first-order valence-corrected chi connectivity index (χ1v) is 6.51. The summed E-state index contributed by atoms with van der Waals surface area (Å²) in [5.74, 6) is -2.34. The number of piperazine rings is 1. The van der Waals surface area contributed by atoms with Crippen LogP contribution in [-0.2, 0) is 4.79 Å². The lowest BCUT2D eigenvalue weighted by atomic mass is 9.96. The molecule has 1 amide bonds. The van der Waals surface area contributed by atoms with E-state index in [1.807, 2.05) is 0 Å². The van der Waals surface area contributed by atoms with Gasteiger partial charge in [0, 0.05) is 26.2 Å². The Hall–Kier alpha value is -2.31. The zero-order chi connectivity index (χ0) is 15.9. The molecule has 0 aromatic heterocycles. The molecule has 3 N–H and O–H groups in total. The van der Waals surface area contributed by atoms with E-state index in [0.717, 1.165) is 12.1 Å². The normalized spacial score (nSPS) is 18.0. The summed E-state index contributed by atoms with van der Waals surface area (Å²) in [6.45, 7) is 4.44. The number of carbonyl (C=O) groups excluding carboxylic acids is 1. The molecule has 0 aliphatic carbocycles. The number of amides is 1. The van der Waals surface area contributed by atoms with Crippen LogP contribution in [0.25, 0.3) is 0 Å². The molecule has 1 aromatic rings. The average Bonchev–Trinajstić information content (AvgIpc) is 2.39. The van der Waals surface area contributed by atoms with E-state index in [1.54, 1.807) is 30.7 Å². The van der Waals surface area contributed by atoms with Gasteiger partial charge in [-0.05, 0) is 19.9 Å². The van der Waals surface area contributed by atoms with Crippen LogP contribution < -0.4 is 10.6 Å². The van der Waals surface area contributed by atoms with E-state index in [9.17, 15) is 14.0 Å². The molecule has 6 nitrogen and oxygen atoms in total. The Morgan fingerprint density at radius 2 is 2.00 bits per heavy atom. The highest BCUT2D eigenvalue weighted by Gasteiger charge is 2.41. The third kappa shape index (κ3) is 2.39. The number of likely N-dealkylation sites (N-methyl/N-ethyl adjacent to an activating group) is 1. The third-order valence-electron chi connectivity index (χ3n) is 3.84. The van der Waals surface area contributed by atoms with E-state index in [-0.39, 0.29) is 11.6 Å². The van der Waals surface area contributed by atoms with E-state index in [2.05, 4.69) is 0 Å². The summed E-state index contributed by atoms with van der Waals surface area (Å²) in [4.78, 5) is 26.5. The molecule has 1 saturated heterocycles. The number of carboxylic acid groups (broad SMARTS) is 1. The Bertz CT molecular complexity index is 616. The maximum Gasteiger partial charge on any atom is 0.338 e. The number of carboxylic acids is 1. The quantitative estimate of drug-likeness (QED) is 0.800. The number of hydrogen-bond acceptors (Lipinski definition) is 4. The van der Waals surface area contributed by atoms with E-state index in [4.69, 9.17) is 10.8 Å². The van der Waals surface area contributed by atoms with Gasteiger partial charge in [-0.25, -0.2) is 9.18 Å². The number of nitrogen functional groups attached to an aromatic ring is 1. The Kier molecular flexibility index (Phi) is 3.52. The van der Waals surface area contributed by atoms with Crippen LogP contribution in [0.5, 0.6) is 0 Å². The molecule has 1 aliphatic heterocycles. The minimum Gasteiger partial charge on any atom is -0.478 e. The van der Waals surface area contributed by atoms with Gasteiger partial charge in [0.2, 0.25) is 5.91 Å². The van der Waals surface area contributed by atoms with Gasteiger partial charge in [-0.15, -0.1) is 0 Å². The molecular formula is C14H18FN3O3. The highest BCUT2D eigenvalue weighted by molar-refractivity contribution is 5.94. The van der Waals surface area contributed by atoms with Crippen molar-refractivity contribution in [3.05, 3.63) is 23.5 Å². The van der Waals surface area contributed by atoms with Gasteiger partial charge < -0.3 is 20.6 Å².